The highest BCUT2D eigenvalue weighted by molar-refractivity contribution is 5.87. The number of benzene rings is 4. The van der Waals surface area contributed by atoms with E-state index in [1.54, 1.807) is 24.3 Å². The molecule has 0 heterocycles. The molecule has 0 aliphatic carbocycles. The topological polar surface area (TPSA) is 96.8 Å². The van der Waals surface area contributed by atoms with Crippen LogP contribution in [0.15, 0.2) is 103 Å². The molecule has 0 aromatic heterocycles. The monoisotopic (exact) mass is 717 g/mol. The highest BCUT2D eigenvalue weighted by atomic mass is 19.4. The van der Waals surface area contributed by atoms with Gasteiger partial charge in [0.25, 0.3) is 0 Å². The van der Waals surface area contributed by atoms with E-state index in [4.69, 9.17) is 25.7 Å². The maximum Gasteiger partial charge on any atom is 0.453 e. The second kappa shape index (κ2) is 16.2. The molecule has 0 saturated heterocycles. The number of nitrogens with two attached hydrogens (primary N) is 2. The number of anilines is 2. The lowest BCUT2D eigenvalue weighted by molar-refractivity contribution is -0.284. The van der Waals surface area contributed by atoms with E-state index in [2.05, 4.69) is 6.92 Å². The number of nitrogen functional groups attached to an aromatic ring is 2. The second-order valence-electron chi connectivity index (χ2n) is 12.1. The molecule has 0 amide bonds. The first kappa shape index (κ1) is 38.6. The minimum atomic E-state index is -5.65. The fourth-order valence-corrected chi connectivity index (χ4v) is 4.96. The van der Waals surface area contributed by atoms with Gasteiger partial charge in [-0.1, -0.05) is 36.4 Å². The van der Waals surface area contributed by atoms with Crippen LogP contribution in [0.1, 0.15) is 35.1 Å². The van der Waals surface area contributed by atoms with E-state index < -0.39 is 54.6 Å². The molecule has 0 bridgehead atoms. The molecule has 0 saturated carbocycles. The van der Waals surface area contributed by atoms with Gasteiger partial charge in [0.1, 0.15) is 11.5 Å². The Kier molecular flexibility index (Phi) is 12.3. The van der Waals surface area contributed by atoms with Gasteiger partial charge in [-0.25, -0.2) is 4.79 Å². The number of rotatable bonds is 16. The lowest BCUT2D eigenvalue weighted by Crippen LogP contribution is -2.36. The van der Waals surface area contributed by atoms with Crippen molar-refractivity contribution in [1.29, 1.82) is 0 Å². The van der Waals surface area contributed by atoms with Crippen molar-refractivity contribution in [3.63, 3.8) is 0 Å². The van der Waals surface area contributed by atoms with Crippen molar-refractivity contribution in [1.82, 2.24) is 0 Å². The molecular weight excluding hydrogens is 681 g/mol. The zero-order chi connectivity index (χ0) is 37.3. The fourth-order valence-electron chi connectivity index (χ4n) is 4.96. The highest BCUT2D eigenvalue weighted by Gasteiger charge is 2.56. The van der Waals surface area contributed by atoms with Gasteiger partial charge in [-0.05, 0) is 110 Å². The van der Waals surface area contributed by atoms with E-state index >= 15 is 0 Å². The Hall–Kier alpha value is -5.20. The largest absolute Gasteiger partial charge is 0.494 e. The molecule has 0 aliphatic rings. The molecule has 4 rings (SSSR count). The maximum absolute atomic E-state index is 14.9. The van der Waals surface area contributed by atoms with E-state index in [1.807, 2.05) is 24.3 Å². The molecule has 271 valence electrons. The Morgan fingerprint density at radius 2 is 1.22 bits per heavy atom. The molecule has 51 heavy (non-hydrogen) atoms. The first-order valence-electron chi connectivity index (χ1n) is 15.7. The van der Waals surface area contributed by atoms with Gasteiger partial charge in [-0.2, -0.15) is 30.7 Å². The van der Waals surface area contributed by atoms with Crippen molar-refractivity contribution in [2.75, 3.05) is 24.7 Å². The average molecular weight is 718 g/mol. The summed E-state index contributed by atoms with van der Waals surface area (Å²) in [7, 11) is 0. The van der Waals surface area contributed by atoms with Gasteiger partial charge in [0.15, 0.2) is 0 Å². The van der Waals surface area contributed by atoms with Crippen LogP contribution >= 0.6 is 0 Å². The molecule has 13 heteroatoms. The maximum atomic E-state index is 14.9. The zero-order valence-electron chi connectivity index (χ0n) is 27.3. The van der Waals surface area contributed by atoms with Crippen LogP contribution in [0.25, 0.3) is 6.08 Å². The number of esters is 1. The number of halogens is 7. The molecule has 4 aromatic rings. The Morgan fingerprint density at radius 1 is 0.706 bits per heavy atom. The standard InChI is InChI=1S/C38H36F7N2O4/c1-35(23-27-5-12-30(46)13-6-27,24-28-7-14-31(47)15-8-28)25-50-34(48)20-9-26-3-10-29(11-4-26)37(41,42)51-33-18-16-32(17-19-33)49-22-2-21-36(39,40)38(43,44)45/h3-20H,1-2,21-25,46-47H2/b20-9+. The third-order valence-corrected chi connectivity index (χ3v) is 7.69. The van der Waals surface area contributed by atoms with Gasteiger partial charge < -0.3 is 25.7 Å². The van der Waals surface area contributed by atoms with Gasteiger partial charge in [0.2, 0.25) is 0 Å². The van der Waals surface area contributed by atoms with E-state index in [0.29, 0.717) is 29.8 Å². The molecule has 1 radical (unpaired) electrons. The van der Waals surface area contributed by atoms with E-state index in [-0.39, 0.29) is 18.1 Å². The van der Waals surface area contributed by atoms with Crippen molar-refractivity contribution in [3.8, 4) is 11.5 Å². The van der Waals surface area contributed by atoms with Crippen LogP contribution in [-0.4, -0.2) is 31.3 Å². The summed E-state index contributed by atoms with van der Waals surface area (Å²) in [5.74, 6) is -5.67. The Balaban J connectivity index is 1.30. The van der Waals surface area contributed by atoms with Crippen molar-refractivity contribution in [2.24, 2.45) is 5.41 Å². The van der Waals surface area contributed by atoms with Crippen molar-refractivity contribution < 1.29 is 49.7 Å². The van der Waals surface area contributed by atoms with Gasteiger partial charge in [0.05, 0.1) is 18.8 Å². The molecule has 0 spiro atoms. The van der Waals surface area contributed by atoms with Crippen LogP contribution in [0.2, 0.25) is 0 Å². The van der Waals surface area contributed by atoms with Crippen LogP contribution in [0, 0.1) is 12.3 Å². The molecule has 4 N–H and O–H groups in total. The number of hydrogen-bond donors (Lipinski definition) is 2. The zero-order valence-corrected chi connectivity index (χ0v) is 27.3. The summed E-state index contributed by atoms with van der Waals surface area (Å²) in [6, 6.07) is 24.4. The first-order valence-corrected chi connectivity index (χ1v) is 15.7. The summed E-state index contributed by atoms with van der Waals surface area (Å²) >= 11 is 0. The number of carbonyl (C=O) groups is 1. The summed E-state index contributed by atoms with van der Waals surface area (Å²) in [4.78, 5) is 12.7. The number of hydrogen-bond acceptors (Lipinski definition) is 6. The predicted octanol–water partition coefficient (Wildman–Crippen LogP) is 9.20. The highest BCUT2D eigenvalue weighted by Crippen LogP contribution is 2.39. The van der Waals surface area contributed by atoms with E-state index in [0.717, 1.165) is 35.4 Å². The molecule has 0 atom stereocenters. The first-order chi connectivity index (χ1) is 23.9. The minimum Gasteiger partial charge on any atom is -0.494 e. The summed E-state index contributed by atoms with van der Waals surface area (Å²) in [6.45, 7) is 3.93. The van der Waals surface area contributed by atoms with Crippen LogP contribution in [0.5, 0.6) is 11.5 Å². The van der Waals surface area contributed by atoms with Crippen LogP contribution in [0.3, 0.4) is 0 Å². The molecule has 0 aliphatic heterocycles. The number of alkyl halides is 7. The van der Waals surface area contributed by atoms with Gasteiger partial charge in [0, 0.05) is 29.3 Å². The Morgan fingerprint density at radius 3 is 1.73 bits per heavy atom. The van der Waals surface area contributed by atoms with Gasteiger partial charge >= 0.3 is 24.2 Å². The van der Waals surface area contributed by atoms with E-state index in [9.17, 15) is 35.5 Å². The predicted molar refractivity (Wildman–Crippen MR) is 180 cm³/mol. The lowest BCUT2D eigenvalue weighted by Gasteiger charge is -2.29. The summed E-state index contributed by atoms with van der Waals surface area (Å²) in [6.07, 6.45) is -7.87. The van der Waals surface area contributed by atoms with Crippen molar-refractivity contribution >= 4 is 23.4 Å². The molecule has 4 aromatic carbocycles. The average Bonchev–Trinajstić information content (AvgIpc) is 3.07. The summed E-state index contributed by atoms with van der Waals surface area (Å²) in [5.41, 5.74) is 14.0. The summed E-state index contributed by atoms with van der Waals surface area (Å²) < 4.78 is 108. The number of ether oxygens (including phenoxy) is 3. The smallest absolute Gasteiger partial charge is 0.453 e. The van der Waals surface area contributed by atoms with E-state index in [1.165, 1.54) is 36.4 Å². The number of carbonyl (C=O) groups excluding carboxylic acids is 1. The van der Waals surface area contributed by atoms with Gasteiger partial charge in [-0.15, -0.1) is 0 Å². The molecule has 6 nitrogen and oxygen atoms in total. The molecule has 0 unspecified atom stereocenters. The van der Waals surface area contributed by atoms with Crippen LogP contribution < -0.4 is 20.9 Å². The van der Waals surface area contributed by atoms with Crippen LogP contribution in [0.4, 0.5) is 42.1 Å². The van der Waals surface area contributed by atoms with Gasteiger partial charge in [-0.3, -0.25) is 0 Å². The van der Waals surface area contributed by atoms with Crippen molar-refractivity contribution in [2.45, 2.75) is 43.9 Å². The Labute approximate surface area is 290 Å². The SMILES string of the molecule is [CH2]C(COC(=O)/C=C/c1ccc(C(F)(F)Oc2ccc(OCCCC(F)(F)C(F)(F)F)cc2)cc1)(Cc1ccc(N)cc1)Cc1ccc(N)cc1. The fraction of sp³-hybridized carbons (Fsp3) is 0.263. The normalized spacial score (nSPS) is 12.5. The van der Waals surface area contributed by atoms with Crippen LogP contribution in [-0.2, 0) is 28.5 Å². The minimum absolute atomic E-state index is 0.0125. The third-order valence-electron chi connectivity index (χ3n) is 7.69. The Bertz CT molecular complexity index is 1690. The third kappa shape index (κ3) is 11.7. The molecular formula is C38H36F7N2O4. The second-order valence-corrected chi connectivity index (χ2v) is 12.1. The lowest BCUT2D eigenvalue weighted by atomic mass is 9.79. The summed E-state index contributed by atoms with van der Waals surface area (Å²) in [5, 5.41) is 0. The molecule has 0 fully saturated rings. The van der Waals surface area contributed by atoms with Crippen molar-refractivity contribution in [3.05, 3.63) is 132 Å². The quantitative estimate of drug-likeness (QED) is 0.0395.